The highest BCUT2D eigenvalue weighted by Gasteiger charge is 2.46. The number of hydrogen-bond donors (Lipinski definition) is 0. The van der Waals surface area contributed by atoms with E-state index >= 15 is 0 Å². The van der Waals surface area contributed by atoms with Gasteiger partial charge in [0.15, 0.2) is 5.78 Å². The highest BCUT2D eigenvalue weighted by molar-refractivity contribution is 6.84. The minimum atomic E-state index is -2.44. The van der Waals surface area contributed by atoms with Crippen LogP contribution >= 0.6 is 0 Å². The SMILES string of the molecule is C/C(=C\C1CCCCC1)[C@](CCc1ccccc1)(O[Si](C)(C)c1ccccc1)C(=O)c1ccccc1. The zero-order chi connectivity index (χ0) is 25.4. The van der Waals surface area contributed by atoms with Crippen molar-refractivity contribution in [1.29, 1.82) is 0 Å². The lowest BCUT2D eigenvalue weighted by Crippen LogP contribution is -2.56. The molecule has 0 unspecified atom stereocenters. The molecule has 0 radical (unpaired) electrons. The van der Waals surface area contributed by atoms with E-state index in [-0.39, 0.29) is 5.78 Å². The largest absolute Gasteiger partial charge is 0.397 e. The number of rotatable bonds is 10. The van der Waals surface area contributed by atoms with Crippen LogP contribution in [-0.4, -0.2) is 19.7 Å². The van der Waals surface area contributed by atoms with E-state index in [1.165, 1.54) is 42.9 Å². The Balaban J connectivity index is 1.81. The zero-order valence-electron chi connectivity index (χ0n) is 22.1. The number of hydrogen-bond acceptors (Lipinski definition) is 2. The predicted molar refractivity (Wildman–Crippen MR) is 153 cm³/mol. The van der Waals surface area contributed by atoms with Crippen LogP contribution in [0.2, 0.25) is 13.1 Å². The molecule has 36 heavy (non-hydrogen) atoms. The molecule has 3 aromatic rings. The molecule has 0 amide bonds. The molecule has 0 saturated heterocycles. The van der Waals surface area contributed by atoms with Crippen molar-refractivity contribution < 1.29 is 9.22 Å². The molecule has 0 spiro atoms. The quantitative estimate of drug-likeness (QED) is 0.162. The van der Waals surface area contributed by atoms with Gasteiger partial charge in [0.2, 0.25) is 8.32 Å². The Morgan fingerprint density at radius 3 is 2.03 bits per heavy atom. The van der Waals surface area contributed by atoms with Crippen LogP contribution in [0.15, 0.2) is 103 Å². The molecule has 3 heteroatoms. The van der Waals surface area contributed by atoms with Gasteiger partial charge in [-0.1, -0.05) is 116 Å². The maximum Gasteiger partial charge on any atom is 0.220 e. The van der Waals surface area contributed by atoms with Crippen LogP contribution < -0.4 is 5.19 Å². The fourth-order valence-corrected chi connectivity index (χ4v) is 7.92. The van der Waals surface area contributed by atoms with E-state index in [4.69, 9.17) is 4.43 Å². The summed E-state index contributed by atoms with van der Waals surface area (Å²) < 4.78 is 7.27. The Bertz CT molecular complexity index is 1130. The van der Waals surface area contributed by atoms with Crippen LogP contribution in [-0.2, 0) is 10.8 Å². The molecule has 3 aromatic carbocycles. The van der Waals surface area contributed by atoms with Crippen molar-refractivity contribution in [2.45, 2.75) is 70.6 Å². The van der Waals surface area contributed by atoms with Crippen molar-refractivity contribution in [3.05, 3.63) is 114 Å². The first-order valence-corrected chi connectivity index (χ1v) is 16.4. The van der Waals surface area contributed by atoms with E-state index in [1.807, 2.05) is 42.5 Å². The lowest BCUT2D eigenvalue weighted by atomic mass is 9.78. The molecule has 1 saturated carbocycles. The maximum atomic E-state index is 14.5. The van der Waals surface area contributed by atoms with Gasteiger partial charge < -0.3 is 4.43 Å². The summed E-state index contributed by atoms with van der Waals surface area (Å²) in [7, 11) is -2.44. The Hall–Kier alpha value is -2.75. The van der Waals surface area contributed by atoms with Crippen molar-refractivity contribution in [1.82, 2.24) is 0 Å². The third kappa shape index (κ3) is 6.32. The van der Waals surface area contributed by atoms with Gasteiger partial charge >= 0.3 is 0 Å². The van der Waals surface area contributed by atoms with E-state index in [2.05, 4.69) is 74.6 Å². The molecule has 0 bridgehead atoms. The lowest BCUT2D eigenvalue weighted by molar-refractivity contribution is 0.0527. The molecule has 188 valence electrons. The van der Waals surface area contributed by atoms with Crippen molar-refractivity contribution in [3.8, 4) is 0 Å². The van der Waals surface area contributed by atoms with Gasteiger partial charge in [0.05, 0.1) is 0 Å². The Morgan fingerprint density at radius 2 is 1.42 bits per heavy atom. The fraction of sp³-hybridized carbons (Fsp3) is 0.364. The van der Waals surface area contributed by atoms with Crippen LogP contribution in [0.3, 0.4) is 0 Å². The van der Waals surface area contributed by atoms with Crippen LogP contribution in [0.4, 0.5) is 0 Å². The normalized spacial score (nSPS) is 16.9. The molecule has 0 N–H and O–H groups in total. The second kappa shape index (κ2) is 12.0. The van der Waals surface area contributed by atoms with Gasteiger partial charge in [-0.25, -0.2) is 0 Å². The average molecular weight is 497 g/mol. The number of aryl methyl sites for hydroxylation is 1. The van der Waals surface area contributed by atoms with Crippen LogP contribution in [0.25, 0.3) is 0 Å². The van der Waals surface area contributed by atoms with E-state index in [1.54, 1.807) is 0 Å². The standard InChI is InChI=1S/C33H40O2Si/c1-27(26-29-18-10-5-11-19-29)33(25-24-28-16-8-4-9-17-28,32(34)30-20-12-6-13-21-30)35-36(2,3)31-22-14-7-15-23-31/h4,6-9,12-17,20-23,26,29H,5,10-11,18-19,24-25H2,1-3H3/b27-26+/t33-/m0/s1. The number of carbonyl (C=O) groups excluding carboxylic acids is 1. The summed E-state index contributed by atoms with van der Waals surface area (Å²) in [5.74, 6) is 0.601. The van der Waals surface area contributed by atoms with Gasteiger partial charge in [-0.3, -0.25) is 4.79 Å². The van der Waals surface area contributed by atoms with Gasteiger partial charge in [0.1, 0.15) is 5.60 Å². The highest BCUT2D eigenvalue weighted by Crippen LogP contribution is 2.37. The molecule has 1 atom stereocenters. The van der Waals surface area contributed by atoms with Crippen LogP contribution in [0.5, 0.6) is 0 Å². The number of carbonyl (C=O) groups is 1. The molecular formula is C33H40O2Si. The van der Waals surface area contributed by atoms with Crippen LogP contribution in [0.1, 0.15) is 61.4 Å². The lowest BCUT2D eigenvalue weighted by Gasteiger charge is -2.41. The van der Waals surface area contributed by atoms with Crippen molar-refractivity contribution in [2.24, 2.45) is 5.92 Å². The van der Waals surface area contributed by atoms with Gasteiger partial charge in [-0.05, 0) is 67.9 Å². The summed E-state index contributed by atoms with van der Waals surface area (Å²) in [6.45, 7) is 6.60. The third-order valence-corrected chi connectivity index (χ3v) is 10.3. The highest BCUT2D eigenvalue weighted by atomic mass is 28.4. The molecular weight excluding hydrogens is 456 g/mol. The molecule has 1 fully saturated rings. The van der Waals surface area contributed by atoms with Crippen LogP contribution in [0, 0.1) is 5.92 Å². The Kier molecular flexibility index (Phi) is 8.76. The minimum Gasteiger partial charge on any atom is -0.397 e. The van der Waals surface area contributed by atoms with E-state index < -0.39 is 13.9 Å². The predicted octanol–water partition coefficient (Wildman–Crippen LogP) is 7.90. The van der Waals surface area contributed by atoms with Gasteiger partial charge in [-0.15, -0.1) is 0 Å². The molecule has 2 nitrogen and oxygen atoms in total. The second-order valence-electron chi connectivity index (χ2n) is 10.7. The van der Waals surface area contributed by atoms with Gasteiger partial charge in [-0.2, -0.15) is 0 Å². The molecule has 0 aromatic heterocycles. The zero-order valence-corrected chi connectivity index (χ0v) is 23.1. The van der Waals surface area contributed by atoms with Crippen molar-refractivity contribution in [3.63, 3.8) is 0 Å². The summed E-state index contributed by atoms with van der Waals surface area (Å²) in [6, 6.07) is 30.7. The molecule has 0 heterocycles. The fourth-order valence-electron chi connectivity index (χ4n) is 5.58. The van der Waals surface area contributed by atoms with Crippen molar-refractivity contribution in [2.75, 3.05) is 0 Å². The molecule has 4 rings (SSSR count). The minimum absolute atomic E-state index is 0.0834. The topological polar surface area (TPSA) is 26.3 Å². The Morgan fingerprint density at radius 1 is 0.861 bits per heavy atom. The number of allylic oxidation sites excluding steroid dienone is 1. The van der Waals surface area contributed by atoms with E-state index in [9.17, 15) is 4.79 Å². The average Bonchev–Trinajstić information content (AvgIpc) is 2.92. The number of ketones is 1. The molecule has 1 aliphatic carbocycles. The second-order valence-corrected chi connectivity index (χ2v) is 14.5. The summed E-state index contributed by atoms with van der Waals surface area (Å²) in [5, 5.41) is 1.21. The number of benzene rings is 3. The number of Topliss-reactive ketones (excluding diaryl/α,β-unsaturated/α-hetero) is 1. The monoisotopic (exact) mass is 496 g/mol. The smallest absolute Gasteiger partial charge is 0.220 e. The summed E-state index contributed by atoms with van der Waals surface area (Å²) in [5.41, 5.74) is 2.03. The van der Waals surface area contributed by atoms with Crippen molar-refractivity contribution >= 4 is 19.3 Å². The summed E-state index contributed by atoms with van der Waals surface area (Å²) >= 11 is 0. The summed E-state index contributed by atoms with van der Waals surface area (Å²) in [4.78, 5) is 14.5. The summed E-state index contributed by atoms with van der Waals surface area (Å²) in [6.07, 6.45) is 10.1. The maximum absolute atomic E-state index is 14.5. The van der Waals surface area contributed by atoms with E-state index in [0.29, 0.717) is 12.3 Å². The Labute approximate surface area is 218 Å². The first kappa shape index (κ1) is 26.3. The first-order valence-electron chi connectivity index (χ1n) is 13.5. The molecule has 1 aliphatic rings. The third-order valence-electron chi connectivity index (χ3n) is 7.68. The molecule has 0 aliphatic heterocycles. The first-order chi connectivity index (χ1) is 17.4. The van der Waals surface area contributed by atoms with Gasteiger partial charge in [0.25, 0.3) is 0 Å². The van der Waals surface area contributed by atoms with Gasteiger partial charge in [0, 0.05) is 5.56 Å². The van der Waals surface area contributed by atoms with E-state index in [0.717, 1.165) is 17.6 Å².